The molecule has 0 bridgehead atoms. The Balaban J connectivity index is 1.30. The van der Waals surface area contributed by atoms with Crippen molar-refractivity contribution in [3.05, 3.63) is 95.0 Å². The number of para-hydroxylation sites is 1. The van der Waals surface area contributed by atoms with Crippen molar-refractivity contribution in [1.29, 1.82) is 0 Å². The maximum Gasteiger partial charge on any atom is 0.238 e. The number of carbonyl (C=O) groups is 2. The first-order valence-corrected chi connectivity index (χ1v) is 14.5. The molecule has 42 heavy (non-hydrogen) atoms. The molecule has 5 rings (SSSR count). The maximum absolute atomic E-state index is 13.7. The number of imide groups is 1. The molecule has 4 N–H and O–H groups in total. The number of allylic oxidation sites excluding steroid dienone is 2. The lowest BCUT2D eigenvalue weighted by atomic mass is 9.68. The number of nitrogens with zero attached hydrogens (tertiary/aromatic N) is 1. The molecule has 2 aliphatic rings. The molecule has 1 aliphatic carbocycles. The summed E-state index contributed by atoms with van der Waals surface area (Å²) in [5.74, 6) is -1.39. The molecule has 0 radical (unpaired) electrons. The van der Waals surface area contributed by atoms with Crippen molar-refractivity contribution in [2.45, 2.75) is 52.2 Å². The molecule has 1 aliphatic heterocycles. The second-order valence-electron chi connectivity index (χ2n) is 11.1. The largest absolute Gasteiger partial charge is 0.459 e. The number of furan rings is 1. The van der Waals surface area contributed by atoms with Crippen molar-refractivity contribution >= 4 is 35.0 Å². The number of aliphatic hydroxyl groups excluding tert-OH is 3. The number of carbonyl (C=O) groups excluding carboxylic acids is 2. The monoisotopic (exact) mass is 570 g/mol. The van der Waals surface area contributed by atoms with Gasteiger partial charge in [-0.25, -0.2) is 0 Å². The normalized spacial score (nSPS) is 21.6. The average Bonchev–Trinajstić information content (AvgIpc) is 3.56. The zero-order chi connectivity index (χ0) is 29.8. The second kappa shape index (κ2) is 12.9. The van der Waals surface area contributed by atoms with Gasteiger partial charge in [-0.1, -0.05) is 36.3 Å². The zero-order valence-corrected chi connectivity index (χ0v) is 24.0. The number of rotatable bonds is 11. The summed E-state index contributed by atoms with van der Waals surface area (Å²) in [6, 6.07) is 20.4. The third-order valence-corrected chi connectivity index (χ3v) is 8.45. The molecular weight excluding hydrogens is 532 g/mol. The van der Waals surface area contributed by atoms with Crippen LogP contribution in [-0.2, 0) is 16.2 Å². The lowest BCUT2D eigenvalue weighted by Crippen LogP contribution is -2.38. The molecule has 0 unspecified atom stereocenters. The molecule has 1 saturated heterocycles. The third kappa shape index (κ3) is 5.97. The fourth-order valence-corrected chi connectivity index (χ4v) is 6.34. The summed E-state index contributed by atoms with van der Waals surface area (Å²) in [5, 5.41) is 34.4. The van der Waals surface area contributed by atoms with Crippen LogP contribution in [0.2, 0.25) is 0 Å². The van der Waals surface area contributed by atoms with Crippen molar-refractivity contribution in [3.8, 4) is 0 Å². The third-order valence-electron chi connectivity index (χ3n) is 8.45. The number of aliphatic hydroxyl groups is 3. The van der Waals surface area contributed by atoms with Crippen LogP contribution in [-0.4, -0.2) is 39.8 Å². The highest BCUT2D eigenvalue weighted by Crippen LogP contribution is 2.47. The number of benzene rings is 2. The molecule has 4 atom stereocenters. The number of hydrogen-bond acceptors (Lipinski definition) is 7. The lowest BCUT2D eigenvalue weighted by molar-refractivity contribution is -0.123. The van der Waals surface area contributed by atoms with Crippen molar-refractivity contribution in [2.24, 2.45) is 17.8 Å². The van der Waals surface area contributed by atoms with Gasteiger partial charge in [0.15, 0.2) is 0 Å². The molecule has 2 heterocycles. The van der Waals surface area contributed by atoms with Crippen molar-refractivity contribution in [3.63, 3.8) is 0 Å². The summed E-state index contributed by atoms with van der Waals surface area (Å²) in [6.07, 6.45) is 3.20. The molecule has 0 saturated carbocycles. The van der Waals surface area contributed by atoms with Gasteiger partial charge in [-0.15, -0.1) is 0 Å². The van der Waals surface area contributed by atoms with Gasteiger partial charge in [-0.3, -0.25) is 14.5 Å². The van der Waals surface area contributed by atoms with Crippen LogP contribution in [0.4, 0.5) is 17.1 Å². The van der Waals surface area contributed by atoms with Gasteiger partial charge in [0, 0.05) is 17.3 Å². The van der Waals surface area contributed by atoms with Crippen LogP contribution in [0.15, 0.2) is 87.9 Å². The van der Waals surface area contributed by atoms with E-state index < -0.39 is 23.9 Å². The van der Waals surface area contributed by atoms with Crippen LogP contribution >= 0.6 is 0 Å². The van der Waals surface area contributed by atoms with Gasteiger partial charge >= 0.3 is 0 Å². The van der Waals surface area contributed by atoms with Crippen LogP contribution in [0.3, 0.4) is 0 Å². The van der Waals surface area contributed by atoms with Crippen LogP contribution in [0.5, 0.6) is 0 Å². The van der Waals surface area contributed by atoms with E-state index in [0.717, 1.165) is 28.9 Å². The summed E-state index contributed by atoms with van der Waals surface area (Å²) in [4.78, 5) is 28.5. The van der Waals surface area contributed by atoms with Gasteiger partial charge < -0.3 is 25.1 Å². The maximum atomic E-state index is 13.7. The minimum atomic E-state index is -0.858. The summed E-state index contributed by atoms with van der Waals surface area (Å²) >= 11 is 0. The van der Waals surface area contributed by atoms with E-state index in [9.17, 15) is 24.9 Å². The molecule has 0 spiro atoms. The smallest absolute Gasteiger partial charge is 0.238 e. The fourth-order valence-electron chi connectivity index (χ4n) is 6.34. The van der Waals surface area contributed by atoms with Crippen LogP contribution in [0, 0.1) is 17.8 Å². The number of amides is 2. The minimum Gasteiger partial charge on any atom is -0.459 e. The van der Waals surface area contributed by atoms with Crippen molar-refractivity contribution in [1.82, 2.24) is 0 Å². The molecule has 2 amide bonds. The van der Waals surface area contributed by atoms with Crippen molar-refractivity contribution in [2.75, 3.05) is 16.8 Å². The molecule has 8 nitrogen and oxygen atoms in total. The second-order valence-corrected chi connectivity index (χ2v) is 11.1. The average molecular weight is 571 g/mol. The molecular formula is C34H38N2O6. The number of nitrogens with one attached hydrogen (secondary N) is 1. The topological polar surface area (TPSA) is 123 Å². The van der Waals surface area contributed by atoms with E-state index in [1.807, 2.05) is 62.4 Å². The predicted octanol–water partition coefficient (Wildman–Crippen LogP) is 5.58. The summed E-state index contributed by atoms with van der Waals surface area (Å²) in [6.45, 7) is 3.42. The Morgan fingerprint density at radius 2 is 1.74 bits per heavy atom. The minimum absolute atomic E-state index is 0.165. The first-order valence-electron chi connectivity index (χ1n) is 14.5. The molecule has 2 aromatic carbocycles. The van der Waals surface area contributed by atoms with Crippen molar-refractivity contribution < 1.29 is 29.3 Å². The zero-order valence-electron chi connectivity index (χ0n) is 24.0. The summed E-state index contributed by atoms with van der Waals surface area (Å²) in [7, 11) is 0. The van der Waals surface area contributed by atoms with Crippen LogP contribution in [0.1, 0.15) is 51.1 Å². The molecule has 1 aromatic heterocycles. The number of fused-ring (bicyclic) bond motifs is 1. The lowest BCUT2D eigenvalue weighted by Gasteiger charge is -2.35. The molecule has 3 aromatic rings. The van der Waals surface area contributed by atoms with E-state index in [4.69, 9.17) is 4.42 Å². The van der Waals surface area contributed by atoms with Gasteiger partial charge in [0.05, 0.1) is 30.2 Å². The molecule has 1 fully saturated rings. The highest BCUT2D eigenvalue weighted by molar-refractivity contribution is 6.22. The SMILES string of the molecule is CC/C(=C\c1ccc(CO)o1)CC[C@@H](O)C1=C(C)C[C@H]2C(=O)N(c3ccc(Nc4ccccc4)cc3)C(=O)[C@H]2[C@H]1CO. The molecule has 220 valence electrons. The fraction of sp³-hybridized carbons (Fsp3) is 0.353. The highest BCUT2D eigenvalue weighted by atomic mass is 16.4. The summed E-state index contributed by atoms with van der Waals surface area (Å²) in [5.41, 5.74) is 4.85. The molecule has 8 heteroatoms. The van der Waals surface area contributed by atoms with E-state index in [1.165, 1.54) is 4.90 Å². The van der Waals surface area contributed by atoms with Gasteiger partial charge in [0.2, 0.25) is 11.8 Å². The Morgan fingerprint density at radius 1 is 1.02 bits per heavy atom. The van der Waals surface area contributed by atoms with Crippen LogP contribution in [0.25, 0.3) is 6.08 Å². The van der Waals surface area contributed by atoms with E-state index in [2.05, 4.69) is 5.32 Å². The van der Waals surface area contributed by atoms with E-state index in [-0.39, 0.29) is 25.0 Å². The number of anilines is 3. The van der Waals surface area contributed by atoms with Gasteiger partial charge in [0.1, 0.15) is 18.1 Å². The quantitative estimate of drug-likeness (QED) is 0.175. The van der Waals surface area contributed by atoms with Gasteiger partial charge in [-0.2, -0.15) is 0 Å². The number of hydrogen-bond donors (Lipinski definition) is 4. The Morgan fingerprint density at radius 3 is 2.38 bits per heavy atom. The van der Waals surface area contributed by atoms with Crippen LogP contribution < -0.4 is 10.2 Å². The Bertz CT molecular complexity index is 1470. The van der Waals surface area contributed by atoms with E-state index >= 15 is 0 Å². The summed E-state index contributed by atoms with van der Waals surface area (Å²) < 4.78 is 5.58. The standard InChI is InChI=1S/C34H38N2O6/c1-3-22(18-26-14-15-27(19-37)42-26)9-16-30(39)31-21(2)17-28-32(29(31)20-38)34(41)36(33(28)40)25-12-10-24(11-13-25)35-23-7-5-4-6-8-23/h4-8,10-15,18,28-30,32,35,37-39H,3,9,16-17,19-20H2,1-2H3/b22-18+/t28-,29+,30-,32-/m1/s1. The Hall–Kier alpha value is -3.98. The first-order chi connectivity index (χ1) is 20.3. The Labute approximate surface area is 246 Å². The van der Waals surface area contributed by atoms with Gasteiger partial charge in [0.25, 0.3) is 0 Å². The highest BCUT2D eigenvalue weighted by Gasteiger charge is 2.54. The van der Waals surface area contributed by atoms with Gasteiger partial charge in [-0.05, 0) is 92.8 Å². The van der Waals surface area contributed by atoms with E-state index in [0.29, 0.717) is 42.0 Å². The predicted molar refractivity (Wildman–Crippen MR) is 162 cm³/mol. The van der Waals surface area contributed by atoms with E-state index in [1.54, 1.807) is 24.3 Å². The first kappa shape index (κ1) is 29.5. The Kier molecular flexibility index (Phi) is 9.06.